The Hall–Kier alpha value is -2.73. The van der Waals surface area contributed by atoms with Crippen LogP contribution in [0.15, 0.2) is 45.4 Å². The van der Waals surface area contributed by atoms with E-state index >= 15 is 0 Å². The predicted molar refractivity (Wildman–Crippen MR) is 169 cm³/mol. The van der Waals surface area contributed by atoms with Crippen molar-refractivity contribution < 1.29 is 14.4 Å². The molecule has 0 fully saturated rings. The van der Waals surface area contributed by atoms with Crippen molar-refractivity contribution in [3.8, 4) is 0 Å². The second-order valence-electron chi connectivity index (χ2n) is 13.0. The number of nitrogens with one attached hydrogen (secondary N) is 1. The lowest BCUT2D eigenvalue weighted by molar-refractivity contribution is -0.123. The third-order valence-corrected chi connectivity index (χ3v) is 7.16. The molecule has 0 saturated heterocycles. The molecule has 1 N–H and O–H groups in total. The van der Waals surface area contributed by atoms with E-state index in [1.165, 1.54) is 0 Å². The summed E-state index contributed by atoms with van der Waals surface area (Å²) in [5.41, 5.74) is 2.82. The third-order valence-electron chi connectivity index (χ3n) is 6.71. The molecule has 0 heterocycles. The smallest absolute Gasteiger partial charge is 0.229 e. The lowest BCUT2D eigenvalue weighted by atomic mass is 9.86. The maximum atomic E-state index is 13.1. The van der Waals surface area contributed by atoms with Crippen LogP contribution in [0.3, 0.4) is 0 Å². The maximum Gasteiger partial charge on any atom is 0.229 e. The number of aliphatic imine (C=N–C) groups is 1. The number of ketones is 2. The van der Waals surface area contributed by atoms with Crippen molar-refractivity contribution in [2.24, 2.45) is 15.8 Å². The van der Waals surface area contributed by atoms with Crippen molar-refractivity contribution in [3.63, 3.8) is 0 Å². The fourth-order valence-corrected chi connectivity index (χ4v) is 4.52. The molecule has 1 amide bonds. The van der Waals surface area contributed by atoms with Crippen molar-refractivity contribution >= 4 is 51.8 Å². The quantitative estimate of drug-likeness (QED) is 0.256. The molecule has 0 aromatic heterocycles. The van der Waals surface area contributed by atoms with Gasteiger partial charge in [0, 0.05) is 42.6 Å². The van der Waals surface area contributed by atoms with Gasteiger partial charge < -0.3 is 10.2 Å². The van der Waals surface area contributed by atoms with E-state index in [2.05, 4.69) is 24.1 Å². The molecule has 0 saturated carbocycles. The van der Waals surface area contributed by atoms with Gasteiger partial charge in [0.15, 0.2) is 0 Å². The SMILES string of the molecule is CCCCN(CCCC)c1ccc(N=C2C=C(CC(=O)CC(C)(C)C)C(=O)C(Cl)=C2C)c(NC(=O)C(C)(C)C)c1. The number of Topliss-reactive ketones (excluding diaryl/α,β-unsaturated/α-hetero) is 2. The molecule has 40 heavy (non-hydrogen) atoms. The largest absolute Gasteiger partial charge is 0.371 e. The number of hydrogen-bond donors (Lipinski definition) is 1. The average molecular weight is 570 g/mol. The topological polar surface area (TPSA) is 78.8 Å². The first-order chi connectivity index (χ1) is 18.6. The van der Waals surface area contributed by atoms with Crippen LogP contribution < -0.4 is 10.2 Å². The highest BCUT2D eigenvalue weighted by Gasteiger charge is 2.27. The molecule has 6 nitrogen and oxygen atoms in total. The Bertz CT molecular complexity index is 1190. The summed E-state index contributed by atoms with van der Waals surface area (Å²) in [4.78, 5) is 45.9. The highest BCUT2D eigenvalue weighted by atomic mass is 35.5. The van der Waals surface area contributed by atoms with E-state index in [0.29, 0.717) is 34.7 Å². The molecule has 7 heteroatoms. The zero-order valence-corrected chi connectivity index (χ0v) is 26.7. The summed E-state index contributed by atoms with van der Waals surface area (Å²) in [7, 11) is 0. The number of benzene rings is 1. The normalized spacial score (nSPS) is 15.4. The fourth-order valence-electron chi connectivity index (χ4n) is 4.30. The van der Waals surface area contributed by atoms with Gasteiger partial charge in [-0.1, -0.05) is 79.8 Å². The highest BCUT2D eigenvalue weighted by molar-refractivity contribution is 6.49. The average Bonchev–Trinajstić information content (AvgIpc) is 2.85. The van der Waals surface area contributed by atoms with Crippen molar-refractivity contribution in [3.05, 3.63) is 40.5 Å². The molecular weight excluding hydrogens is 522 g/mol. The second-order valence-corrected chi connectivity index (χ2v) is 13.4. The Morgan fingerprint density at radius 1 is 1.00 bits per heavy atom. The number of anilines is 2. The minimum atomic E-state index is -0.596. The molecular formula is C33H48ClN3O3. The van der Waals surface area contributed by atoms with E-state index in [9.17, 15) is 14.4 Å². The van der Waals surface area contributed by atoms with Crippen molar-refractivity contribution in [2.75, 3.05) is 23.3 Å². The van der Waals surface area contributed by atoms with Gasteiger partial charge in [-0.15, -0.1) is 0 Å². The maximum absolute atomic E-state index is 13.1. The van der Waals surface area contributed by atoms with Gasteiger partial charge in [0.1, 0.15) is 5.78 Å². The summed E-state index contributed by atoms with van der Waals surface area (Å²) in [5.74, 6) is -0.468. The number of unbranched alkanes of at least 4 members (excludes halogenated alkanes) is 2. The summed E-state index contributed by atoms with van der Waals surface area (Å²) in [6.45, 7) is 19.6. The van der Waals surface area contributed by atoms with E-state index in [0.717, 1.165) is 44.5 Å². The van der Waals surface area contributed by atoms with Gasteiger partial charge >= 0.3 is 0 Å². The lowest BCUT2D eigenvalue weighted by Gasteiger charge is -2.26. The zero-order valence-electron chi connectivity index (χ0n) is 26.0. The first-order valence-corrected chi connectivity index (χ1v) is 14.9. The minimum Gasteiger partial charge on any atom is -0.371 e. The van der Waals surface area contributed by atoms with E-state index in [-0.39, 0.29) is 34.3 Å². The number of rotatable bonds is 12. The van der Waals surface area contributed by atoms with Crippen LogP contribution in [-0.2, 0) is 14.4 Å². The van der Waals surface area contributed by atoms with E-state index in [1.54, 1.807) is 13.0 Å². The number of amides is 1. The minimum absolute atomic E-state index is 0.00892. The van der Waals surface area contributed by atoms with Crippen LogP contribution in [0.2, 0.25) is 0 Å². The molecule has 1 aliphatic rings. The van der Waals surface area contributed by atoms with Crippen LogP contribution >= 0.6 is 11.6 Å². The van der Waals surface area contributed by atoms with Gasteiger partial charge in [0.2, 0.25) is 11.7 Å². The molecule has 0 aliphatic heterocycles. The molecule has 1 aliphatic carbocycles. The summed E-state index contributed by atoms with van der Waals surface area (Å²) < 4.78 is 0. The standard InChI is InChI=1S/C33H48ClN3O3/c1-10-12-16-37(17-13-11-2)24-14-15-26(28(20-24)36-31(40)33(7,8)9)35-27-19-23(30(39)29(34)22(27)3)18-25(38)21-32(4,5)6/h14-15,19-20H,10-13,16-18,21H2,1-9H3,(H,36,40). The molecule has 0 atom stereocenters. The molecule has 0 bridgehead atoms. The van der Waals surface area contributed by atoms with E-state index in [4.69, 9.17) is 16.6 Å². The van der Waals surface area contributed by atoms with E-state index in [1.807, 2.05) is 59.7 Å². The molecule has 220 valence electrons. The molecule has 2 rings (SSSR count). The Morgan fingerprint density at radius 2 is 1.60 bits per heavy atom. The van der Waals surface area contributed by atoms with Crippen LogP contribution in [0.4, 0.5) is 17.1 Å². The Kier molecular flexibility index (Phi) is 11.9. The molecule has 0 spiro atoms. The van der Waals surface area contributed by atoms with Gasteiger partial charge in [-0.2, -0.15) is 0 Å². The summed E-state index contributed by atoms with van der Waals surface area (Å²) in [6, 6.07) is 5.92. The Labute approximate surface area is 246 Å². The number of halogens is 1. The van der Waals surface area contributed by atoms with Gasteiger partial charge in [0.05, 0.1) is 22.1 Å². The van der Waals surface area contributed by atoms with Gasteiger partial charge in [-0.25, -0.2) is 4.99 Å². The number of allylic oxidation sites excluding steroid dienone is 4. The van der Waals surface area contributed by atoms with Crippen molar-refractivity contribution in [1.82, 2.24) is 0 Å². The number of nitrogens with zero attached hydrogens (tertiary/aromatic N) is 2. The zero-order chi connectivity index (χ0) is 30.3. The van der Waals surface area contributed by atoms with Crippen LogP contribution in [0.5, 0.6) is 0 Å². The van der Waals surface area contributed by atoms with Crippen molar-refractivity contribution in [1.29, 1.82) is 0 Å². The first kappa shape index (κ1) is 33.5. The molecule has 0 radical (unpaired) electrons. The summed E-state index contributed by atoms with van der Waals surface area (Å²) in [6.07, 6.45) is 6.39. The van der Waals surface area contributed by atoms with Gasteiger partial charge in [-0.05, 0) is 55.0 Å². The molecule has 1 aromatic carbocycles. The van der Waals surface area contributed by atoms with Crippen LogP contribution in [0, 0.1) is 10.8 Å². The second kappa shape index (κ2) is 14.2. The first-order valence-electron chi connectivity index (χ1n) is 14.5. The van der Waals surface area contributed by atoms with Crippen LogP contribution in [-0.4, -0.2) is 36.3 Å². The highest BCUT2D eigenvalue weighted by Crippen LogP contribution is 2.35. The molecule has 1 aromatic rings. The summed E-state index contributed by atoms with van der Waals surface area (Å²) in [5, 5.41) is 3.16. The van der Waals surface area contributed by atoms with Crippen molar-refractivity contribution in [2.45, 2.75) is 101 Å². The van der Waals surface area contributed by atoms with Crippen LogP contribution in [0.25, 0.3) is 0 Å². The Morgan fingerprint density at radius 3 is 2.12 bits per heavy atom. The van der Waals surface area contributed by atoms with Gasteiger partial charge in [-0.3, -0.25) is 14.4 Å². The van der Waals surface area contributed by atoms with Gasteiger partial charge in [0.25, 0.3) is 0 Å². The fraction of sp³-hybridized carbons (Fsp3) is 0.576. The van der Waals surface area contributed by atoms with E-state index < -0.39 is 5.41 Å². The summed E-state index contributed by atoms with van der Waals surface area (Å²) >= 11 is 6.46. The third kappa shape index (κ3) is 9.72. The molecule has 0 unspecified atom stereocenters. The number of carbonyl (C=O) groups is 3. The number of carbonyl (C=O) groups excluding carboxylic acids is 3. The van der Waals surface area contributed by atoms with Crippen LogP contribution in [0.1, 0.15) is 101 Å². The lowest BCUT2D eigenvalue weighted by Crippen LogP contribution is -2.28. The number of hydrogen-bond acceptors (Lipinski definition) is 5. The monoisotopic (exact) mass is 569 g/mol. The Balaban J connectivity index is 2.59. The predicted octanol–water partition coefficient (Wildman–Crippen LogP) is 8.57.